The van der Waals surface area contributed by atoms with Crippen LogP contribution in [0.4, 0.5) is 0 Å². The Hall–Kier alpha value is -3.40. The summed E-state index contributed by atoms with van der Waals surface area (Å²) in [5.41, 5.74) is 2.21. The maximum atomic E-state index is 13.1. The molecule has 0 fully saturated rings. The van der Waals surface area contributed by atoms with E-state index in [1.54, 1.807) is 13.0 Å². The Morgan fingerprint density at radius 2 is 1.68 bits per heavy atom. The summed E-state index contributed by atoms with van der Waals surface area (Å²) in [6.07, 6.45) is 4.21. The van der Waals surface area contributed by atoms with Crippen LogP contribution < -0.4 is 5.32 Å². The van der Waals surface area contributed by atoms with Gasteiger partial charge in [-0.2, -0.15) is 0 Å². The minimum atomic E-state index is -1.32. The van der Waals surface area contributed by atoms with Crippen molar-refractivity contribution in [3.63, 3.8) is 0 Å². The third kappa shape index (κ3) is 4.85. The van der Waals surface area contributed by atoms with Gasteiger partial charge in [-0.05, 0) is 52.8 Å². The highest BCUT2D eigenvalue weighted by molar-refractivity contribution is 6.07. The molecular weight excluding hydrogens is 386 g/mol. The van der Waals surface area contributed by atoms with Crippen LogP contribution in [0.1, 0.15) is 67.1 Å². The summed E-state index contributed by atoms with van der Waals surface area (Å²) in [7, 11) is 0. The molecule has 0 bridgehead atoms. The molecule has 160 valence electrons. The third-order valence-corrected chi connectivity index (χ3v) is 5.83. The number of rotatable bonds is 7. The number of carbonyl (C=O) groups is 2. The van der Waals surface area contributed by atoms with E-state index in [1.807, 2.05) is 42.5 Å². The average Bonchev–Trinajstić information content (AvgIpc) is 2.77. The van der Waals surface area contributed by atoms with Crippen LogP contribution in [0.3, 0.4) is 0 Å². The van der Waals surface area contributed by atoms with E-state index in [0.717, 1.165) is 21.9 Å². The number of aliphatic carboxylic acids is 1. The first-order valence-corrected chi connectivity index (χ1v) is 10.6. The fraction of sp³-hybridized carbons (Fsp3) is 0.259. The second kappa shape index (κ2) is 9.17. The van der Waals surface area contributed by atoms with Crippen molar-refractivity contribution < 1.29 is 14.7 Å². The Labute approximate surface area is 183 Å². The molecule has 1 amide bonds. The second-order valence-electron chi connectivity index (χ2n) is 8.35. The van der Waals surface area contributed by atoms with Crippen molar-refractivity contribution in [1.29, 1.82) is 0 Å². The highest BCUT2D eigenvalue weighted by Crippen LogP contribution is 2.26. The van der Waals surface area contributed by atoms with Crippen molar-refractivity contribution >= 4 is 34.8 Å². The molecule has 3 aromatic rings. The maximum absolute atomic E-state index is 13.1. The van der Waals surface area contributed by atoms with Crippen LogP contribution >= 0.6 is 0 Å². The average molecular weight is 416 g/mol. The summed E-state index contributed by atoms with van der Waals surface area (Å²) in [6.45, 7) is 7.59. The minimum absolute atomic E-state index is 0.287. The molecule has 1 atom stereocenters. The summed E-state index contributed by atoms with van der Waals surface area (Å²) >= 11 is 0. The Morgan fingerprint density at radius 1 is 1.00 bits per heavy atom. The van der Waals surface area contributed by atoms with E-state index in [9.17, 15) is 14.7 Å². The fourth-order valence-electron chi connectivity index (χ4n) is 3.46. The van der Waals surface area contributed by atoms with Gasteiger partial charge in [0.05, 0.1) is 0 Å². The highest BCUT2D eigenvalue weighted by Gasteiger charge is 2.33. The summed E-state index contributed by atoms with van der Waals surface area (Å²) in [4.78, 5) is 24.8. The Kier molecular flexibility index (Phi) is 6.59. The molecule has 0 heterocycles. The Morgan fingerprint density at radius 3 is 2.29 bits per heavy atom. The summed E-state index contributed by atoms with van der Waals surface area (Å²) in [5.74, 6) is -0.979. The van der Waals surface area contributed by atoms with Crippen LogP contribution in [0.25, 0.3) is 22.9 Å². The van der Waals surface area contributed by atoms with Gasteiger partial charge in [0.1, 0.15) is 5.54 Å². The first kappa shape index (κ1) is 22.3. The van der Waals surface area contributed by atoms with Gasteiger partial charge in [0, 0.05) is 5.56 Å². The number of carbonyl (C=O) groups excluding carboxylic acids is 1. The normalized spacial score (nSPS) is 13.5. The van der Waals surface area contributed by atoms with Gasteiger partial charge in [0.15, 0.2) is 0 Å². The van der Waals surface area contributed by atoms with Crippen molar-refractivity contribution in [2.45, 2.75) is 45.6 Å². The van der Waals surface area contributed by atoms with E-state index >= 15 is 0 Å². The largest absolute Gasteiger partial charge is 0.480 e. The minimum Gasteiger partial charge on any atom is -0.480 e. The molecule has 0 saturated heterocycles. The quantitative estimate of drug-likeness (QED) is 0.457. The molecule has 2 N–H and O–H groups in total. The Balaban J connectivity index is 2.04. The third-order valence-electron chi connectivity index (χ3n) is 5.83. The molecule has 0 aliphatic carbocycles. The molecule has 3 rings (SSSR count). The predicted molar refractivity (Wildman–Crippen MR) is 127 cm³/mol. The number of hydrogen-bond donors (Lipinski definition) is 2. The lowest BCUT2D eigenvalue weighted by molar-refractivity contribution is -0.143. The SMILES string of the molecule is CCC(C)(NC(=O)c1ccc2ccccc2c1/C=C/c1ccc(C(C)C)cc1)C(=O)O. The van der Waals surface area contributed by atoms with Crippen LogP contribution in [0.5, 0.6) is 0 Å². The lowest BCUT2D eigenvalue weighted by atomic mass is 9.94. The smallest absolute Gasteiger partial charge is 0.329 e. The molecule has 1 unspecified atom stereocenters. The molecular formula is C27H29NO3. The molecule has 0 aliphatic rings. The maximum Gasteiger partial charge on any atom is 0.329 e. The molecule has 3 aromatic carbocycles. The van der Waals surface area contributed by atoms with Gasteiger partial charge in [0.25, 0.3) is 5.91 Å². The zero-order valence-electron chi connectivity index (χ0n) is 18.5. The lowest BCUT2D eigenvalue weighted by Crippen LogP contribution is -2.51. The van der Waals surface area contributed by atoms with Gasteiger partial charge in [-0.3, -0.25) is 4.79 Å². The van der Waals surface area contributed by atoms with E-state index in [1.165, 1.54) is 12.5 Å². The molecule has 0 saturated carbocycles. The summed E-state index contributed by atoms with van der Waals surface area (Å²) in [5, 5.41) is 14.2. The van der Waals surface area contributed by atoms with E-state index in [0.29, 0.717) is 11.5 Å². The monoisotopic (exact) mass is 415 g/mol. The van der Waals surface area contributed by atoms with Crippen LogP contribution in [-0.4, -0.2) is 22.5 Å². The van der Waals surface area contributed by atoms with Gasteiger partial charge in [-0.15, -0.1) is 0 Å². The number of nitrogens with one attached hydrogen (secondary N) is 1. The molecule has 0 radical (unpaired) electrons. The number of amides is 1. The van der Waals surface area contributed by atoms with Crippen LogP contribution in [0.15, 0.2) is 60.7 Å². The van der Waals surface area contributed by atoms with Gasteiger partial charge in [-0.1, -0.05) is 87.5 Å². The number of carboxylic acids is 1. The summed E-state index contributed by atoms with van der Waals surface area (Å²) < 4.78 is 0. The summed E-state index contributed by atoms with van der Waals surface area (Å²) in [6, 6.07) is 19.9. The Bertz CT molecular complexity index is 1130. The zero-order chi connectivity index (χ0) is 22.6. The van der Waals surface area contributed by atoms with Crippen LogP contribution in [-0.2, 0) is 4.79 Å². The van der Waals surface area contributed by atoms with E-state index in [-0.39, 0.29) is 6.42 Å². The number of fused-ring (bicyclic) bond motifs is 1. The predicted octanol–water partition coefficient (Wildman–Crippen LogP) is 6.12. The molecule has 0 aromatic heterocycles. The second-order valence-corrected chi connectivity index (χ2v) is 8.35. The standard InChI is InChI=1S/C27H29NO3/c1-5-27(4,26(30)31)28-25(29)24-17-15-21-8-6-7-9-22(21)23(24)16-12-19-10-13-20(14-11-19)18(2)3/h6-18H,5H2,1-4H3,(H,28,29)(H,30,31)/b16-12+. The molecule has 0 aliphatic heterocycles. The first-order chi connectivity index (χ1) is 14.7. The van der Waals surface area contributed by atoms with E-state index in [4.69, 9.17) is 0 Å². The van der Waals surface area contributed by atoms with Gasteiger partial charge >= 0.3 is 5.97 Å². The van der Waals surface area contributed by atoms with Crippen LogP contribution in [0, 0.1) is 0 Å². The van der Waals surface area contributed by atoms with E-state index in [2.05, 4.69) is 43.4 Å². The number of hydrogen-bond acceptors (Lipinski definition) is 2. The molecule has 31 heavy (non-hydrogen) atoms. The van der Waals surface area contributed by atoms with Crippen molar-refractivity contribution in [2.24, 2.45) is 0 Å². The van der Waals surface area contributed by atoms with E-state index < -0.39 is 17.4 Å². The zero-order valence-corrected chi connectivity index (χ0v) is 18.5. The molecule has 4 heteroatoms. The highest BCUT2D eigenvalue weighted by atomic mass is 16.4. The van der Waals surface area contributed by atoms with Crippen molar-refractivity contribution in [2.75, 3.05) is 0 Å². The lowest BCUT2D eigenvalue weighted by Gasteiger charge is -2.25. The first-order valence-electron chi connectivity index (χ1n) is 10.6. The molecule has 4 nitrogen and oxygen atoms in total. The van der Waals surface area contributed by atoms with Crippen molar-refractivity contribution in [3.05, 3.63) is 82.9 Å². The van der Waals surface area contributed by atoms with Crippen LogP contribution in [0.2, 0.25) is 0 Å². The van der Waals surface area contributed by atoms with Gasteiger partial charge in [0.2, 0.25) is 0 Å². The van der Waals surface area contributed by atoms with Gasteiger partial charge in [-0.25, -0.2) is 4.79 Å². The topological polar surface area (TPSA) is 66.4 Å². The number of carboxylic acid groups (broad SMARTS) is 1. The van der Waals surface area contributed by atoms with Gasteiger partial charge < -0.3 is 10.4 Å². The number of benzene rings is 3. The van der Waals surface area contributed by atoms with Crippen molar-refractivity contribution in [1.82, 2.24) is 5.32 Å². The molecule has 0 spiro atoms. The van der Waals surface area contributed by atoms with Crippen molar-refractivity contribution in [3.8, 4) is 0 Å². The fourth-order valence-corrected chi connectivity index (χ4v) is 3.46.